The van der Waals surface area contributed by atoms with Crippen LogP contribution < -0.4 is 15.1 Å². The Bertz CT molecular complexity index is 2520. The van der Waals surface area contributed by atoms with Crippen LogP contribution in [0.3, 0.4) is 0 Å². The Balaban J connectivity index is 1.04. The molecule has 1 atom stereocenters. The smallest absolute Gasteiger partial charge is 0.0540 e. The van der Waals surface area contributed by atoms with E-state index in [0.29, 0.717) is 5.92 Å². The summed E-state index contributed by atoms with van der Waals surface area (Å²) in [6, 6.07) is 61.0. The van der Waals surface area contributed by atoms with Gasteiger partial charge < -0.3 is 15.1 Å². The Labute approximate surface area is 318 Å². The van der Waals surface area contributed by atoms with Crippen molar-refractivity contribution in [3.8, 4) is 11.1 Å². The minimum Gasteiger partial charge on any atom is -0.356 e. The van der Waals surface area contributed by atoms with Crippen molar-refractivity contribution in [2.24, 2.45) is 5.92 Å². The van der Waals surface area contributed by atoms with E-state index in [1.807, 2.05) is 6.07 Å². The van der Waals surface area contributed by atoms with Gasteiger partial charge in [-0.2, -0.15) is 0 Å². The van der Waals surface area contributed by atoms with E-state index in [1.165, 1.54) is 38.7 Å². The van der Waals surface area contributed by atoms with E-state index in [1.54, 1.807) is 0 Å². The molecule has 0 saturated heterocycles. The fraction of sp³-hybridized carbons (Fsp3) is 0.0588. The summed E-state index contributed by atoms with van der Waals surface area (Å²) in [5.74, 6) is 0.299. The highest BCUT2D eigenvalue weighted by Gasteiger charge is 2.27. The highest BCUT2D eigenvalue weighted by Crippen LogP contribution is 2.42. The quantitative estimate of drug-likeness (QED) is 0.162. The summed E-state index contributed by atoms with van der Waals surface area (Å²) in [6.45, 7) is 2.14. The lowest BCUT2D eigenvalue weighted by Crippen LogP contribution is -2.25. The van der Waals surface area contributed by atoms with Gasteiger partial charge in [0.15, 0.2) is 0 Å². The number of hydrogen-bond acceptors (Lipinski definition) is 3. The van der Waals surface area contributed by atoms with Crippen LogP contribution in [0.25, 0.3) is 21.9 Å². The summed E-state index contributed by atoms with van der Waals surface area (Å²) in [5, 5.41) is 5.99. The summed E-state index contributed by atoms with van der Waals surface area (Å²) in [4.78, 5) is 4.78. The van der Waals surface area contributed by atoms with Gasteiger partial charge in [0.2, 0.25) is 0 Å². The van der Waals surface area contributed by atoms with Crippen LogP contribution in [0, 0.1) is 12.8 Å². The summed E-state index contributed by atoms with van der Waals surface area (Å²) in [6.07, 6.45) is 14.4. The molecule has 0 aliphatic heterocycles. The zero-order valence-corrected chi connectivity index (χ0v) is 30.3. The van der Waals surface area contributed by atoms with E-state index in [4.69, 9.17) is 0 Å². The largest absolute Gasteiger partial charge is 0.356 e. The van der Waals surface area contributed by atoms with Gasteiger partial charge in [-0.3, -0.25) is 0 Å². The molecule has 0 saturated carbocycles. The fourth-order valence-corrected chi connectivity index (χ4v) is 7.67. The minimum atomic E-state index is 0.299. The first kappa shape index (κ1) is 33.0. The van der Waals surface area contributed by atoms with Crippen LogP contribution in [0.2, 0.25) is 0 Å². The first-order chi connectivity index (χ1) is 26.7. The van der Waals surface area contributed by atoms with Gasteiger partial charge >= 0.3 is 0 Å². The highest BCUT2D eigenvalue weighted by molar-refractivity contribution is 5.99. The molecule has 1 N–H and O–H groups in total. The summed E-state index contributed by atoms with van der Waals surface area (Å²) < 4.78 is 0. The van der Waals surface area contributed by atoms with Crippen molar-refractivity contribution in [1.82, 2.24) is 0 Å². The third kappa shape index (κ3) is 6.64. The molecule has 3 heteroatoms. The van der Waals surface area contributed by atoms with Gasteiger partial charge in [0, 0.05) is 51.1 Å². The number of hydrogen-bond donors (Lipinski definition) is 1. The highest BCUT2D eigenvalue weighted by atomic mass is 15.2. The molecule has 7 aromatic carbocycles. The maximum absolute atomic E-state index is 3.53. The van der Waals surface area contributed by atoms with E-state index in [-0.39, 0.29) is 0 Å². The van der Waals surface area contributed by atoms with Crippen molar-refractivity contribution < 1.29 is 0 Å². The normalized spacial score (nSPS) is 14.6. The zero-order chi connectivity index (χ0) is 36.3. The Morgan fingerprint density at radius 3 is 1.78 bits per heavy atom. The lowest BCUT2D eigenvalue weighted by atomic mass is 9.84. The molecule has 0 spiro atoms. The number of nitrogens with one attached hydrogen (secondary N) is 1. The minimum absolute atomic E-state index is 0.299. The van der Waals surface area contributed by atoms with E-state index >= 15 is 0 Å². The molecule has 0 amide bonds. The van der Waals surface area contributed by atoms with Crippen LogP contribution in [0.4, 0.5) is 39.8 Å². The summed E-state index contributed by atoms with van der Waals surface area (Å²) >= 11 is 0. The first-order valence-electron chi connectivity index (χ1n) is 18.7. The maximum Gasteiger partial charge on any atom is 0.0540 e. The van der Waals surface area contributed by atoms with Gasteiger partial charge in [0.1, 0.15) is 0 Å². The number of anilines is 7. The van der Waals surface area contributed by atoms with Crippen LogP contribution in [-0.4, -0.2) is 0 Å². The number of rotatable bonds is 9. The van der Waals surface area contributed by atoms with E-state index in [9.17, 15) is 0 Å². The predicted octanol–water partition coefficient (Wildman–Crippen LogP) is 14.1. The molecule has 9 rings (SSSR count). The molecule has 1 unspecified atom stereocenters. The van der Waals surface area contributed by atoms with Crippen molar-refractivity contribution in [3.05, 3.63) is 223 Å². The molecular formula is C51H41N3. The molecule has 0 heterocycles. The van der Waals surface area contributed by atoms with Gasteiger partial charge in [0.05, 0.1) is 5.69 Å². The van der Waals surface area contributed by atoms with Crippen LogP contribution >= 0.6 is 0 Å². The number of aryl methyl sites for hydroxylation is 1. The number of nitrogens with zero attached hydrogens (tertiary/aromatic N) is 2. The van der Waals surface area contributed by atoms with Gasteiger partial charge in [-0.05, 0) is 120 Å². The molecule has 54 heavy (non-hydrogen) atoms. The molecule has 260 valence electrons. The molecule has 0 radical (unpaired) electrons. The molecule has 3 nitrogen and oxygen atoms in total. The van der Waals surface area contributed by atoms with Crippen LogP contribution in [0.1, 0.15) is 12.0 Å². The molecule has 2 aliphatic carbocycles. The fourth-order valence-electron chi connectivity index (χ4n) is 7.67. The van der Waals surface area contributed by atoms with Crippen molar-refractivity contribution in [2.75, 3.05) is 15.1 Å². The molecule has 0 fully saturated rings. The number of fused-ring (bicyclic) bond motifs is 2. The molecule has 2 aliphatic rings. The average Bonchev–Trinajstić information content (AvgIpc) is 3.23. The summed E-state index contributed by atoms with van der Waals surface area (Å²) in [7, 11) is 0. The molecule has 0 bridgehead atoms. The Hall–Kier alpha value is -6.84. The van der Waals surface area contributed by atoms with Crippen molar-refractivity contribution in [2.45, 2.75) is 13.3 Å². The lowest BCUT2D eigenvalue weighted by molar-refractivity contribution is 0.709. The third-order valence-electron chi connectivity index (χ3n) is 10.4. The van der Waals surface area contributed by atoms with Crippen molar-refractivity contribution in [3.63, 3.8) is 0 Å². The van der Waals surface area contributed by atoms with Gasteiger partial charge in [-0.25, -0.2) is 0 Å². The number of allylic oxidation sites excluding steroid dienone is 7. The van der Waals surface area contributed by atoms with Crippen molar-refractivity contribution >= 4 is 50.6 Å². The van der Waals surface area contributed by atoms with Crippen LogP contribution in [0.15, 0.2) is 218 Å². The van der Waals surface area contributed by atoms with Gasteiger partial charge in [-0.15, -0.1) is 0 Å². The first-order valence-corrected chi connectivity index (χ1v) is 18.7. The third-order valence-corrected chi connectivity index (χ3v) is 10.4. The Morgan fingerprint density at radius 2 is 1.07 bits per heavy atom. The van der Waals surface area contributed by atoms with E-state index in [0.717, 1.165) is 46.2 Å². The second kappa shape index (κ2) is 14.7. The Morgan fingerprint density at radius 1 is 0.500 bits per heavy atom. The SMILES string of the molecule is Cc1ccc(N(c2ccc(-c3ccc(N(C4=CC=CC5=CC=CCC54)c4ccc(Nc5ccccc5)cc4)cc3)cc2)c2cccc3ccccc23)cc1. The van der Waals surface area contributed by atoms with Crippen LogP contribution in [0.5, 0.6) is 0 Å². The Kier molecular flexibility index (Phi) is 8.96. The maximum atomic E-state index is 3.53. The lowest BCUT2D eigenvalue weighted by Gasteiger charge is -2.35. The number of benzene rings is 7. The monoisotopic (exact) mass is 695 g/mol. The molecular weight excluding hydrogens is 655 g/mol. The van der Waals surface area contributed by atoms with E-state index in [2.05, 4.69) is 222 Å². The van der Waals surface area contributed by atoms with Gasteiger partial charge in [-0.1, -0.05) is 127 Å². The number of para-hydroxylation sites is 1. The topological polar surface area (TPSA) is 18.5 Å². The second-order valence-corrected chi connectivity index (χ2v) is 14.0. The molecule has 0 aromatic heterocycles. The van der Waals surface area contributed by atoms with Crippen molar-refractivity contribution in [1.29, 1.82) is 0 Å². The van der Waals surface area contributed by atoms with Crippen LogP contribution in [-0.2, 0) is 0 Å². The van der Waals surface area contributed by atoms with Gasteiger partial charge in [0.25, 0.3) is 0 Å². The standard InChI is InChI=1S/C51H41N3/c1-37-21-29-44(30-22-37)53(50-19-9-13-40-11-5-7-17-48(40)50)45-31-23-38(24-32-45)39-25-33-46(34-26-39)54(51-20-10-14-41-12-6-8-18-49(41)51)47-35-27-43(28-36-47)52-42-15-3-2-4-16-42/h2-17,19-36,49,52H,18H2,1H3. The average molecular weight is 696 g/mol. The predicted molar refractivity (Wildman–Crippen MR) is 230 cm³/mol. The molecule has 7 aromatic rings. The zero-order valence-electron chi connectivity index (χ0n) is 30.3. The second-order valence-electron chi connectivity index (χ2n) is 14.0. The summed E-state index contributed by atoms with van der Waals surface area (Å²) in [5.41, 5.74) is 14.0. The van der Waals surface area contributed by atoms with E-state index < -0.39 is 0 Å².